The van der Waals surface area contributed by atoms with E-state index in [2.05, 4.69) is 15.3 Å². The highest BCUT2D eigenvalue weighted by Crippen LogP contribution is 2.23. The van der Waals surface area contributed by atoms with Gasteiger partial charge in [-0.25, -0.2) is 23.5 Å². The summed E-state index contributed by atoms with van der Waals surface area (Å²) in [6, 6.07) is 10.3. The number of aromatic nitrogens is 2. The first-order chi connectivity index (χ1) is 11.6. The van der Waals surface area contributed by atoms with E-state index in [4.69, 9.17) is 4.74 Å². The van der Waals surface area contributed by atoms with E-state index >= 15 is 0 Å². The number of nitrogens with zero attached hydrogens (tertiary/aromatic N) is 2. The number of fused-ring (bicyclic) bond motifs is 1. The summed E-state index contributed by atoms with van der Waals surface area (Å²) in [5.74, 6) is -2.51. The van der Waals surface area contributed by atoms with Crippen LogP contribution in [-0.4, -0.2) is 22.5 Å². The van der Waals surface area contributed by atoms with Crippen LogP contribution in [0.25, 0.3) is 11.0 Å². The maximum atomic E-state index is 13.4. The lowest BCUT2D eigenvalue weighted by Crippen LogP contribution is -2.12. The molecule has 122 valence electrons. The molecule has 0 saturated heterocycles. The molecular weight excluding hydrogens is 316 g/mol. The molecule has 0 amide bonds. The minimum atomic E-state index is -1.01. The van der Waals surface area contributed by atoms with Crippen LogP contribution in [0.15, 0.2) is 42.5 Å². The quantitative estimate of drug-likeness (QED) is 0.737. The van der Waals surface area contributed by atoms with Crippen LogP contribution in [0.5, 0.6) is 0 Å². The van der Waals surface area contributed by atoms with Crippen LogP contribution < -0.4 is 5.32 Å². The lowest BCUT2D eigenvalue weighted by molar-refractivity contribution is 0.0521. The molecule has 0 atom stereocenters. The first-order valence-corrected chi connectivity index (χ1v) is 7.24. The molecule has 0 aliphatic heterocycles. The normalized spacial score (nSPS) is 10.6. The zero-order valence-corrected chi connectivity index (χ0v) is 12.7. The van der Waals surface area contributed by atoms with Crippen molar-refractivity contribution in [1.82, 2.24) is 9.97 Å². The molecule has 3 aromatic rings. The van der Waals surface area contributed by atoms with Gasteiger partial charge in [0.2, 0.25) is 0 Å². The molecule has 0 unspecified atom stereocenters. The first kappa shape index (κ1) is 15.8. The van der Waals surface area contributed by atoms with Gasteiger partial charge in [-0.05, 0) is 31.2 Å². The van der Waals surface area contributed by atoms with Gasteiger partial charge in [-0.1, -0.05) is 12.1 Å². The van der Waals surface area contributed by atoms with Crippen LogP contribution in [0.2, 0.25) is 0 Å². The Balaban J connectivity index is 2.07. The van der Waals surface area contributed by atoms with E-state index in [-0.39, 0.29) is 23.8 Å². The average Bonchev–Trinajstić information content (AvgIpc) is 2.58. The number of carbonyl (C=O) groups is 1. The fourth-order valence-electron chi connectivity index (χ4n) is 2.14. The summed E-state index contributed by atoms with van der Waals surface area (Å²) in [4.78, 5) is 20.7. The highest BCUT2D eigenvalue weighted by atomic mass is 19.2. The summed E-state index contributed by atoms with van der Waals surface area (Å²) in [5, 5.41) is 2.79. The van der Waals surface area contributed by atoms with Crippen LogP contribution >= 0.6 is 0 Å². The smallest absolute Gasteiger partial charge is 0.360 e. The maximum absolute atomic E-state index is 13.4. The van der Waals surface area contributed by atoms with Crippen LogP contribution in [0.3, 0.4) is 0 Å². The summed E-state index contributed by atoms with van der Waals surface area (Å²) < 4.78 is 31.4. The molecule has 0 radical (unpaired) electrons. The highest BCUT2D eigenvalue weighted by Gasteiger charge is 2.18. The third-order valence-corrected chi connectivity index (χ3v) is 3.22. The summed E-state index contributed by atoms with van der Waals surface area (Å²) in [5.41, 5.74) is 1.29. The fraction of sp³-hybridized carbons (Fsp3) is 0.118. The molecule has 0 aliphatic rings. The SMILES string of the molecule is CCOC(=O)c1nc2ccccc2nc1Nc1ccc(F)c(F)c1. The van der Waals surface area contributed by atoms with E-state index in [1.54, 1.807) is 31.2 Å². The summed E-state index contributed by atoms with van der Waals surface area (Å²) in [6.45, 7) is 1.85. The maximum Gasteiger partial charge on any atom is 0.360 e. The van der Waals surface area contributed by atoms with Gasteiger partial charge in [0.15, 0.2) is 23.1 Å². The largest absolute Gasteiger partial charge is 0.461 e. The Bertz CT molecular complexity index is 915. The molecule has 5 nitrogen and oxygen atoms in total. The summed E-state index contributed by atoms with van der Waals surface area (Å²) in [7, 11) is 0. The van der Waals surface area contributed by atoms with Gasteiger partial charge < -0.3 is 10.1 Å². The van der Waals surface area contributed by atoms with Crippen molar-refractivity contribution in [3.8, 4) is 0 Å². The molecule has 0 spiro atoms. The first-order valence-electron chi connectivity index (χ1n) is 7.24. The van der Waals surface area contributed by atoms with Gasteiger partial charge in [0.1, 0.15) is 0 Å². The number of rotatable bonds is 4. The topological polar surface area (TPSA) is 64.1 Å². The number of nitrogens with one attached hydrogen (secondary N) is 1. The Kier molecular flexibility index (Phi) is 4.33. The van der Waals surface area contributed by atoms with Crippen molar-refractivity contribution in [2.24, 2.45) is 0 Å². The molecule has 1 N–H and O–H groups in total. The van der Waals surface area contributed by atoms with Gasteiger partial charge in [-0.15, -0.1) is 0 Å². The zero-order valence-electron chi connectivity index (χ0n) is 12.7. The van der Waals surface area contributed by atoms with E-state index in [0.29, 0.717) is 11.0 Å². The van der Waals surface area contributed by atoms with Crippen molar-refractivity contribution >= 4 is 28.5 Å². The second-order valence-corrected chi connectivity index (χ2v) is 4.88. The number of para-hydroxylation sites is 2. The van der Waals surface area contributed by atoms with Crippen molar-refractivity contribution in [2.45, 2.75) is 6.92 Å². The van der Waals surface area contributed by atoms with Crippen LogP contribution in [-0.2, 0) is 4.74 Å². The number of benzene rings is 2. The number of halogens is 2. The van der Waals surface area contributed by atoms with Gasteiger partial charge in [-0.2, -0.15) is 0 Å². The molecule has 1 aromatic heterocycles. The number of carbonyl (C=O) groups excluding carboxylic acids is 1. The molecule has 0 bridgehead atoms. The summed E-state index contributed by atoms with van der Waals surface area (Å²) in [6.07, 6.45) is 0. The van der Waals surface area contributed by atoms with E-state index in [1.807, 2.05) is 0 Å². The fourth-order valence-corrected chi connectivity index (χ4v) is 2.14. The van der Waals surface area contributed by atoms with Crippen molar-refractivity contribution in [3.05, 3.63) is 59.8 Å². The monoisotopic (exact) mass is 329 g/mol. The number of esters is 1. The number of anilines is 2. The Morgan fingerprint density at radius 3 is 2.46 bits per heavy atom. The third kappa shape index (κ3) is 3.15. The molecule has 0 fully saturated rings. The molecule has 24 heavy (non-hydrogen) atoms. The second kappa shape index (κ2) is 6.57. The molecule has 3 rings (SSSR count). The average molecular weight is 329 g/mol. The van der Waals surface area contributed by atoms with Gasteiger partial charge >= 0.3 is 5.97 Å². The van der Waals surface area contributed by atoms with Gasteiger partial charge in [0.25, 0.3) is 0 Å². The van der Waals surface area contributed by atoms with Gasteiger partial charge in [0.05, 0.1) is 17.6 Å². The van der Waals surface area contributed by atoms with Gasteiger partial charge in [0, 0.05) is 11.8 Å². The predicted octanol–water partition coefficient (Wildman–Crippen LogP) is 3.83. The predicted molar refractivity (Wildman–Crippen MR) is 85.1 cm³/mol. The third-order valence-electron chi connectivity index (χ3n) is 3.22. The molecule has 1 heterocycles. The molecule has 0 saturated carbocycles. The molecule has 7 heteroatoms. The minimum Gasteiger partial charge on any atom is -0.461 e. The minimum absolute atomic E-state index is 0.0275. The number of hydrogen-bond donors (Lipinski definition) is 1. The summed E-state index contributed by atoms with van der Waals surface area (Å²) >= 11 is 0. The molecule has 2 aromatic carbocycles. The second-order valence-electron chi connectivity index (χ2n) is 4.88. The van der Waals surface area contributed by atoms with E-state index in [0.717, 1.165) is 12.1 Å². The Hall–Kier alpha value is -3.09. The Morgan fingerprint density at radius 2 is 1.79 bits per heavy atom. The van der Waals surface area contributed by atoms with E-state index in [1.165, 1.54) is 6.07 Å². The highest BCUT2D eigenvalue weighted by molar-refractivity contribution is 5.96. The van der Waals surface area contributed by atoms with E-state index < -0.39 is 17.6 Å². The van der Waals surface area contributed by atoms with Gasteiger partial charge in [-0.3, -0.25) is 0 Å². The van der Waals surface area contributed by atoms with Crippen molar-refractivity contribution < 1.29 is 18.3 Å². The van der Waals surface area contributed by atoms with Crippen LogP contribution in [0.1, 0.15) is 17.4 Å². The lowest BCUT2D eigenvalue weighted by Gasteiger charge is -2.11. The Labute approximate surface area is 136 Å². The number of hydrogen-bond acceptors (Lipinski definition) is 5. The Morgan fingerprint density at radius 1 is 1.08 bits per heavy atom. The lowest BCUT2D eigenvalue weighted by atomic mass is 10.2. The van der Waals surface area contributed by atoms with Crippen molar-refractivity contribution in [1.29, 1.82) is 0 Å². The zero-order chi connectivity index (χ0) is 17.1. The molecular formula is C17H13F2N3O2. The van der Waals surface area contributed by atoms with E-state index in [9.17, 15) is 13.6 Å². The number of ether oxygens (including phenoxy) is 1. The van der Waals surface area contributed by atoms with Crippen molar-refractivity contribution in [2.75, 3.05) is 11.9 Å². The van der Waals surface area contributed by atoms with Crippen LogP contribution in [0, 0.1) is 11.6 Å². The van der Waals surface area contributed by atoms with Crippen molar-refractivity contribution in [3.63, 3.8) is 0 Å². The molecule has 0 aliphatic carbocycles. The van der Waals surface area contributed by atoms with Crippen LogP contribution in [0.4, 0.5) is 20.3 Å². The standard InChI is InChI=1S/C17H13F2N3O2/c1-2-24-17(23)15-16(20-10-7-8-11(18)12(19)9-10)22-14-6-4-3-5-13(14)21-15/h3-9H,2H2,1H3,(H,20,22).